The van der Waals surface area contributed by atoms with E-state index in [1.165, 1.54) is 0 Å². The summed E-state index contributed by atoms with van der Waals surface area (Å²) >= 11 is 4.04. The van der Waals surface area contributed by atoms with Crippen LogP contribution in [0, 0.1) is 5.92 Å². The monoisotopic (exact) mass is 447 g/mol. The molecule has 0 aromatic heterocycles. The van der Waals surface area contributed by atoms with Crippen LogP contribution in [-0.4, -0.2) is 71.7 Å². The zero-order valence-electron chi connectivity index (χ0n) is 17.3. The van der Waals surface area contributed by atoms with Gasteiger partial charge in [0.1, 0.15) is 18.1 Å². The molecule has 0 bridgehead atoms. The molecule has 0 rings (SSSR count). The van der Waals surface area contributed by atoms with Crippen LogP contribution in [0.25, 0.3) is 0 Å². The summed E-state index contributed by atoms with van der Waals surface area (Å²) in [6.45, 7) is 3.49. The zero-order chi connectivity index (χ0) is 23.3. The summed E-state index contributed by atoms with van der Waals surface area (Å²) in [4.78, 5) is 52.0. The third kappa shape index (κ3) is 10.3. The lowest BCUT2D eigenvalue weighted by Crippen LogP contribution is -2.58. The van der Waals surface area contributed by atoms with E-state index in [9.17, 15) is 24.3 Å². The van der Waals surface area contributed by atoms with Crippen LogP contribution in [0.5, 0.6) is 0 Å². The third-order valence-electron chi connectivity index (χ3n) is 4.37. The van der Waals surface area contributed by atoms with Crippen LogP contribution in [0.15, 0.2) is 4.99 Å². The lowest BCUT2D eigenvalue weighted by atomic mass is 9.97. The highest BCUT2D eigenvalue weighted by Crippen LogP contribution is 2.10. The molecule has 0 aliphatic rings. The van der Waals surface area contributed by atoms with Gasteiger partial charge in [-0.25, -0.2) is 4.79 Å². The number of hydrogen-bond acceptors (Lipinski definition) is 7. The molecule has 0 aromatic rings. The number of carboxylic acids is 1. The minimum absolute atomic E-state index is 0.00500. The highest BCUT2D eigenvalue weighted by molar-refractivity contribution is 7.80. The maximum Gasteiger partial charge on any atom is 0.326 e. The number of nitrogens with two attached hydrogens (primary N) is 3. The maximum absolute atomic E-state index is 12.7. The van der Waals surface area contributed by atoms with Crippen LogP contribution in [0.1, 0.15) is 33.1 Å². The van der Waals surface area contributed by atoms with Crippen molar-refractivity contribution in [2.75, 3.05) is 18.8 Å². The van der Waals surface area contributed by atoms with E-state index in [1.807, 2.05) is 6.92 Å². The maximum atomic E-state index is 12.7. The lowest BCUT2D eigenvalue weighted by molar-refractivity contribution is -0.142. The van der Waals surface area contributed by atoms with E-state index >= 15 is 0 Å². The molecule has 0 spiro atoms. The largest absolute Gasteiger partial charge is 0.480 e. The predicted octanol–water partition coefficient (Wildman–Crippen LogP) is -2.49. The summed E-state index contributed by atoms with van der Waals surface area (Å²) in [5.41, 5.74) is 15.7. The molecule has 12 nitrogen and oxygen atoms in total. The van der Waals surface area contributed by atoms with Gasteiger partial charge in [-0.3, -0.25) is 19.4 Å². The van der Waals surface area contributed by atoms with Crippen molar-refractivity contribution < 1.29 is 24.3 Å². The Morgan fingerprint density at radius 1 is 1.07 bits per heavy atom. The molecule has 0 fully saturated rings. The smallest absolute Gasteiger partial charge is 0.326 e. The molecule has 0 aliphatic heterocycles. The standard InChI is InChI=1S/C17H33N7O5S/c1-3-9(2)13(24-14(26)11(8-30)22-12(25)7-18)15(27)23-10(16(28)29)5-4-6-21-17(19)20/h9-11,13,30H,3-8,18H2,1-2H3,(H,22,25)(H,23,27)(H,24,26)(H,28,29)(H4,19,20,21). The molecule has 172 valence electrons. The van der Waals surface area contributed by atoms with E-state index in [4.69, 9.17) is 17.2 Å². The first kappa shape index (κ1) is 27.5. The van der Waals surface area contributed by atoms with Gasteiger partial charge in [-0.15, -0.1) is 0 Å². The minimum atomic E-state index is -1.22. The molecule has 0 saturated carbocycles. The average Bonchev–Trinajstić information content (AvgIpc) is 2.70. The van der Waals surface area contributed by atoms with Crippen molar-refractivity contribution >= 4 is 42.3 Å². The van der Waals surface area contributed by atoms with E-state index in [1.54, 1.807) is 6.92 Å². The molecule has 0 aromatic carbocycles. The molecule has 4 atom stereocenters. The van der Waals surface area contributed by atoms with E-state index < -0.39 is 41.8 Å². The SMILES string of the molecule is CCC(C)C(NC(=O)C(CS)NC(=O)CN)C(=O)NC(CCCN=C(N)N)C(=O)O. The van der Waals surface area contributed by atoms with Crippen LogP contribution in [0.3, 0.4) is 0 Å². The van der Waals surface area contributed by atoms with Crippen molar-refractivity contribution in [3.63, 3.8) is 0 Å². The number of nitrogens with one attached hydrogen (secondary N) is 3. The molecular weight excluding hydrogens is 414 g/mol. The van der Waals surface area contributed by atoms with Gasteiger partial charge in [0, 0.05) is 12.3 Å². The van der Waals surface area contributed by atoms with Crippen molar-refractivity contribution in [3.8, 4) is 0 Å². The number of aliphatic carboxylic acids is 1. The topological polar surface area (TPSA) is 215 Å². The van der Waals surface area contributed by atoms with Crippen LogP contribution in [0.4, 0.5) is 0 Å². The van der Waals surface area contributed by atoms with Gasteiger partial charge in [0.15, 0.2) is 5.96 Å². The molecule has 13 heteroatoms. The molecule has 10 N–H and O–H groups in total. The van der Waals surface area contributed by atoms with Crippen LogP contribution in [0.2, 0.25) is 0 Å². The summed E-state index contributed by atoms with van der Waals surface area (Å²) in [6, 6.07) is -3.16. The van der Waals surface area contributed by atoms with Crippen molar-refractivity contribution in [2.24, 2.45) is 28.1 Å². The van der Waals surface area contributed by atoms with Gasteiger partial charge in [-0.05, 0) is 18.8 Å². The zero-order valence-corrected chi connectivity index (χ0v) is 18.2. The van der Waals surface area contributed by atoms with Gasteiger partial charge in [0.25, 0.3) is 0 Å². The van der Waals surface area contributed by atoms with E-state index in [0.717, 1.165) is 0 Å². The first-order valence-electron chi connectivity index (χ1n) is 9.56. The highest BCUT2D eigenvalue weighted by Gasteiger charge is 2.31. The van der Waals surface area contributed by atoms with Gasteiger partial charge >= 0.3 is 5.97 Å². The number of carbonyl (C=O) groups excluding carboxylic acids is 3. The number of guanidine groups is 1. The molecule has 0 radical (unpaired) electrons. The number of carbonyl (C=O) groups is 4. The van der Waals surface area contributed by atoms with Gasteiger partial charge in [-0.1, -0.05) is 20.3 Å². The second-order valence-corrected chi connectivity index (χ2v) is 7.09. The van der Waals surface area contributed by atoms with Crippen LogP contribution in [-0.2, 0) is 19.2 Å². The van der Waals surface area contributed by atoms with Gasteiger partial charge in [0.2, 0.25) is 17.7 Å². The Labute approximate surface area is 181 Å². The fraction of sp³-hybridized carbons (Fsp3) is 0.706. The number of hydrogen-bond donors (Lipinski definition) is 8. The first-order chi connectivity index (χ1) is 14.1. The number of rotatable bonds is 14. The molecular formula is C17H33N7O5S. The minimum Gasteiger partial charge on any atom is -0.480 e. The van der Waals surface area contributed by atoms with Crippen molar-refractivity contribution in [1.29, 1.82) is 0 Å². The molecule has 4 unspecified atom stereocenters. The highest BCUT2D eigenvalue weighted by atomic mass is 32.1. The second-order valence-electron chi connectivity index (χ2n) is 6.73. The summed E-state index contributed by atoms with van der Waals surface area (Å²) in [7, 11) is 0. The lowest BCUT2D eigenvalue weighted by Gasteiger charge is -2.27. The molecule has 30 heavy (non-hydrogen) atoms. The van der Waals surface area contributed by atoms with Gasteiger partial charge in [-0.2, -0.15) is 12.6 Å². The fourth-order valence-electron chi connectivity index (χ4n) is 2.43. The van der Waals surface area contributed by atoms with E-state index in [-0.39, 0.29) is 37.1 Å². The predicted molar refractivity (Wildman–Crippen MR) is 116 cm³/mol. The average molecular weight is 448 g/mol. The number of amides is 3. The Morgan fingerprint density at radius 3 is 2.17 bits per heavy atom. The van der Waals surface area contributed by atoms with E-state index in [0.29, 0.717) is 12.8 Å². The Balaban J connectivity index is 5.19. The number of thiol groups is 1. The molecule has 0 heterocycles. The Bertz CT molecular complexity index is 628. The Hall–Kier alpha value is -2.54. The quantitative estimate of drug-likeness (QED) is 0.0615. The van der Waals surface area contributed by atoms with Gasteiger partial charge in [0.05, 0.1) is 6.54 Å². The van der Waals surface area contributed by atoms with Crippen molar-refractivity contribution in [2.45, 2.75) is 51.2 Å². The number of carboxylic acid groups (broad SMARTS) is 1. The Morgan fingerprint density at radius 2 is 1.70 bits per heavy atom. The molecule has 3 amide bonds. The number of nitrogens with zero attached hydrogens (tertiary/aromatic N) is 1. The van der Waals surface area contributed by atoms with Crippen molar-refractivity contribution in [3.05, 3.63) is 0 Å². The second kappa shape index (κ2) is 14.4. The normalized spacial score (nSPS) is 14.5. The first-order valence-corrected chi connectivity index (χ1v) is 10.2. The van der Waals surface area contributed by atoms with Crippen LogP contribution >= 0.6 is 12.6 Å². The molecule has 0 saturated heterocycles. The van der Waals surface area contributed by atoms with Gasteiger partial charge < -0.3 is 38.3 Å². The summed E-state index contributed by atoms with van der Waals surface area (Å²) in [5.74, 6) is -3.43. The summed E-state index contributed by atoms with van der Waals surface area (Å²) in [5, 5.41) is 16.8. The third-order valence-corrected chi connectivity index (χ3v) is 4.74. The summed E-state index contributed by atoms with van der Waals surface area (Å²) in [6.07, 6.45) is 0.981. The molecule has 0 aliphatic carbocycles. The van der Waals surface area contributed by atoms with Crippen molar-refractivity contribution in [1.82, 2.24) is 16.0 Å². The summed E-state index contributed by atoms with van der Waals surface area (Å²) < 4.78 is 0. The van der Waals surface area contributed by atoms with Crippen LogP contribution < -0.4 is 33.2 Å². The number of aliphatic imine (C=N–C) groups is 1. The van der Waals surface area contributed by atoms with E-state index in [2.05, 4.69) is 33.6 Å². The fourth-order valence-corrected chi connectivity index (χ4v) is 2.68. The Kier molecular flexibility index (Phi) is 13.2.